The zero-order valence-corrected chi connectivity index (χ0v) is 22.3. The zero-order chi connectivity index (χ0) is 26.4. The molecular weight excluding hydrogens is 480 g/mol. The van der Waals surface area contributed by atoms with Crippen molar-refractivity contribution in [2.45, 2.75) is 12.3 Å². The van der Waals surface area contributed by atoms with Crippen LogP contribution in [-0.4, -0.2) is 0 Å². The average Bonchev–Trinajstić information content (AvgIpc) is 3.46. The molecule has 0 bridgehead atoms. The maximum Gasteiger partial charge on any atom is 0.0731 e. The van der Waals surface area contributed by atoms with E-state index < -0.39 is 0 Å². The molecule has 0 heterocycles. The van der Waals surface area contributed by atoms with Crippen LogP contribution in [0.15, 0.2) is 140 Å². The molecule has 0 nitrogen and oxygen atoms in total. The second-order valence-electron chi connectivity index (χ2n) is 11.4. The highest BCUT2D eigenvalue weighted by atomic mass is 14.5. The summed E-state index contributed by atoms with van der Waals surface area (Å²) < 4.78 is 0. The summed E-state index contributed by atoms with van der Waals surface area (Å²) in [5.74, 6) is 0. The second kappa shape index (κ2) is 7.81. The Balaban J connectivity index is 1.44. The highest BCUT2D eigenvalue weighted by Gasteiger charge is 2.52. The van der Waals surface area contributed by atoms with Crippen molar-refractivity contribution in [1.29, 1.82) is 0 Å². The van der Waals surface area contributed by atoms with Gasteiger partial charge in [-0.3, -0.25) is 0 Å². The minimum atomic E-state index is -0.355. The van der Waals surface area contributed by atoms with Gasteiger partial charge in [-0.15, -0.1) is 0 Å². The molecule has 7 aromatic carbocycles. The van der Waals surface area contributed by atoms with Gasteiger partial charge in [0.2, 0.25) is 0 Å². The summed E-state index contributed by atoms with van der Waals surface area (Å²) in [6.07, 6.45) is 0. The van der Waals surface area contributed by atoms with Gasteiger partial charge in [-0.05, 0) is 102 Å². The molecule has 0 saturated carbocycles. The Hall–Kier alpha value is -4.94. The molecule has 0 heteroatoms. The summed E-state index contributed by atoms with van der Waals surface area (Å²) in [7, 11) is 0. The molecule has 0 radical (unpaired) electrons. The van der Waals surface area contributed by atoms with Crippen LogP contribution in [0.4, 0.5) is 0 Å². The van der Waals surface area contributed by atoms with Crippen LogP contribution < -0.4 is 0 Å². The number of fused-ring (bicyclic) bond motifs is 13. The molecule has 0 fully saturated rings. The highest BCUT2D eigenvalue weighted by Crippen LogP contribution is 2.64. The molecular formula is C40H26. The second-order valence-corrected chi connectivity index (χ2v) is 11.4. The molecule has 1 spiro atoms. The smallest absolute Gasteiger partial charge is 0.0619 e. The number of aryl methyl sites for hydroxylation is 1. The van der Waals surface area contributed by atoms with Crippen molar-refractivity contribution in [2.75, 3.05) is 0 Å². The van der Waals surface area contributed by atoms with Crippen molar-refractivity contribution in [3.63, 3.8) is 0 Å². The number of benzene rings is 7. The van der Waals surface area contributed by atoms with Gasteiger partial charge in [0.15, 0.2) is 0 Å². The van der Waals surface area contributed by atoms with E-state index in [2.05, 4.69) is 146 Å². The van der Waals surface area contributed by atoms with Gasteiger partial charge >= 0.3 is 0 Å². The van der Waals surface area contributed by atoms with E-state index in [1.165, 1.54) is 82.7 Å². The molecule has 7 aromatic rings. The molecule has 2 aliphatic carbocycles. The molecule has 2 aliphatic rings. The maximum absolute atomic E-state index is 2.47. The van der Waals surface area contributed by atoms with E-state index in [1.54, 1.807) is 0 Å². The third-order valence-electron chi connectivity index (χ3n) is 9.28. The first-order valence-electron chi connectivity index (χ1n) is 14.1. The minimum absolute atomic E-state index is 0.355. The molecule has 0 aliphatic heterocycles. The normalized spacial score (nSPS) is 13.8. The Bertz CT molecular complexity index is 2130. The van der Waals surface area contributed by atoms with Crippen molar-refractivity contribution in [3.8, 4) is 33.4 Å². The maximum atomic E-state index is 2.47. The molecule has 0 amide bonds. The lowest BCUT2D eigenvalue weighted by Gasteiger charge is -2.31. The first-order valence-corrected chi connectivity index (χ1v) is 14.1. The van der Waals surface area contributed by atoms with E-state index in [0.29, 0.717) is 0 Å². The van der Waals surface area contributed by atoms with E-state index in [1.807, 2.05) is 0 Å². The van der Waals surface area contributed by atoms with Gasteiger partial charge in [0.1, 0.15) is 0 Å². The van der Waals surface area contributed by atoms with E-state index >= 15 is 0 Å². The van der Waals surface area contributed by atoms with Crippen LogP contribution in [0.1, 0.15) is 27.8 Å². The van der Waals surface area contributed by atoms with Crippen LogP contribution in [0, 0.1) is 6.92 Å². The summed E-state index contributed by atoms with van der Waals surface area (Å²) >= 11 is 0. The Morgan fingerprint density at radius 2 is 1.07 bits per heavy atom. The molecule has 0 atom stereocenters. The topological polar surface area (TPSA) is 0 Å². The first-order chi connectivity index (χ1) is 19.7. The lowest BCUT2D eigenvalue weighted by atomic mass is 9.69. The first kappa shape index (κ1) is 21.9. The minimum Gasteiger partial charge on any atom is -0.0619 e. The fourth-order valence-electron chi connectivity index (χ4n) is 7.67. The lowest BCUT2D eigenvalue weighted by molar-refractivity contribution is 0.802. The predicted octanol–water partition coefficient (Wildman–Crippen LogP) is 10.3. The number of hydrogen-bond donors (Lipinski definition) is 0. The van der Waals surface area contributed by atoms with Gasteiger partial charge in [0.05, 0.1) is 5.41 Å². The van der Waals surface area contributed by atoms with Crippen LogP contribution >= 0.6 is 0 Å². The quantitative estimate of drug-likeness (QED) is 0.208. The molecule has 9 rings (SSSR count). The van der Waals surface area contributed by atoms with Crippen molar-refractivity contribution in [1.82, 2.24) is 0 Å². The monoisotopic (exact) mass is 506 g/mol. The highest BCUT2D eigenvalue weighted by molar-refractivity contribution is 6.06. The van der Waals surface area contributed by atoms with Crippen molar-refractivity contribution in [2.24, 2.45) is 0 Å². The summed E-state index contributed by atoms with van der Waals surface area (Å²) in [6.45, 7) is 2.16. The van der Waals surface area contributed by atoms with Gasteiger partial charge in [-0.25, -0.2) is 0 Å². The third-order valence-corrected chi connectivity index (χ3v) is 9.28. The van der Waals surface area contributed by atoms with Crippen LogP contribution in [-0.2, 0) is 5.41 Å². The van der Waals surface area contributed by atoms with Gasteiger partial charge in [0.25, 0.3) is 0 Å². The van der Waals surface area contributed by atoms with Crippen LogP contribution in [0.25, 0.3) is 54.9 Å². The fourth-order valence-corrected chi connectivity index (χ4v) is 7.67. The Morgan fingerprint density at radius 3 is 1.82 bits per heavy atom. The van der Waals surface area contributed by atoms with E-state index in [9.17, 15) is 0 Å². The average molecular weight is 507 g/mol. The Morgan fingerprint density at radius 1 is 0.400 bits per heavy atom. The van der Waals surface area contributed by atoms with Crippen molar-refractivity contribution in [3.05, 3.63) is 167 Å². The lowest BCUT2D eigenvalue weighted by Crippen LogP contribution is -2.26. The molecule has 0 saturated heterocycles. The molecule has 186 valence electrons. The van der Waals surface area contributed by atoms with Gasteiger partial charge < -0.3 is 0 Å². The zero-order valence-electron chi connectivity index (χ0n) is 22.3. The Labute approximate surface area is 234 Å². The van der Waals surface area contributed by atoms with Gasteiger partial charge in [-0.2, -0.15) is 0 Å². The van der Waals surface area contributed by atoms with E-state index in [-0.39, 0.29) is 5.41 Å². The standard InChI is InChI=1S/C40H26/c1-25-9-8-12-26(21-25)29-17-19-31-30(22-29)18-20-34-35-23-27-10-2-3-11-28(27)24-38(35)40(39(31)34)36-15-6-4-13-32(36)33-14-5-7-16-37(33)40/h2-24H,1H3. The van der Waals surface area contributed by atoms with Gasteiger partial charge in [-0.1, -0.05) is 127 Å². The molecule has 0 unspecified atom stereocenters. The summed E-state index contributed by atoms with van der Waals surface area (Å²) in [4.78, 5) is 0. The predicted molar refractivity (Wildman–Crippen MR) is 168 cm³/mol. The summed E-state index contributed by atoms with van der Waals surface area (Å²) in [5, 5.41) is 5.21. The number of hydrogen-bond acceptors (Lipinski definition) is 0. The Kier molecular flexibility index (Phi) is 4.28. The SMILES string of the molecule is Cc1cccc(-c2ccc3c4c(ccc3c2)-c2cc3ccccc3cc2C42c3ccccc3-c3ccccc32)c1. The third kappa shape index (κ3) is 2.71. The molecule has 0 aromatic heterocycles. The van der Waals surface area contributed by atoms with Gasteiger partial charge in [0, 0.05) is 0 Å². The summed E-state index contributed by atoms with van der Waals surface area (Å²) in [5.41, 5.74) is 14.5. The fraction of sp³-hybridized carbons (Fsp3) is 0.0500. The summed E-state index contributed by atoms with van der Waals surface area (Å²) in [6, 6.07) is 52.4. The van der Waals surface area contributed by atoms with Crippen LogP contribution in [0.2, 0.25) is 0 Å². The number of rotatable bonds is 1. The van der Waals surface area contributed by atoms with Crippen molar-refractivity contribution < 1.29 is 0 Å². The van der Waals surface area contributed by atoms with Crippen LogP contribution in [0.5, 0.6) is 0 Å². The van der Waals surface area contributed by atoms with Crippen LogP contribution in [0.3, 0.4) is 0 Å². The molecule has 40 heavy (non-hydrogen) atoms. The molecule has 0 N–H and O–H groups in total. The van der Waals surface area contributed by atoms with E-state index in [0.717, 1.165) is 0 Å². The largest absolute Gasteiger partial charge is 0.0731 e. The van der Waals surface area contributed by atoms with Crippen molar-refractivity contribution >= 4 is 21.5 Å². The van der Waals surface area contributed by atoms with E-state index in [4.69, 9.17) is 0 Å².